The fourth-order valence-corrected chi connectivity index (χ4v) is 4.92. The van der Waals surface area contributed by atoms with E-state index in [1.165, 1.54) is 11.9 Å². The molecule has 0 saturated carbocycles. The third-order valence-electron chi connectivity index (χ3n) is 7.10. The number of para-hydroxylation sites is 1. The van der Waals surface area contributed by atoms with E-state index in [-0.39, 0.29) is 11.3 Å². The lowest BCUT2D eigenvalue weighted by molar-refractivity contribution is -0.113. The van der Waals surface area contributed by atoms with Gasteiger partial charge in [-0.3, -0.25) is 4.79 Å². The highest BCUT2D eigenvalue weighted by molar-refractivity contribution is 6.06. The van der Waals surface area contributed by atoms with E-state index in [4.69, 9.17) is 4.74 Å². The summed E-state index contributed by atoms with van der Waals surface area (Å²) in [4.78, 5) is 18.2. The van der Waals surface area contributed by atoms with Crippen molar-refractivity contribution in [3.05, 3.63) is 112 Å². The molecule has 0 bridgehead atoms. The van der Waals surface area contributed by atoms with Crippen LogP contribution in [-0.2, 0) is 16.8 Å². The van der Waals surface area contributed by atoms with Gasteiger partial charge in [-0.15, -0.1) is 0 Å². The summed E-state index contributed by atoms with van der Waals surface area (Å²) in [7, 11) is 0. The van der Waals surface area contributed by atoms with Gasteiger partial charge in [0.25, 0.3) is 5.91 Å². The van der Waals surface area contributed by atoms with Crippen LogP contribution in [0, 0.1) is 13.8 Å². The molecular formula is C32H35N5O2. The van der Waals surface area contributed by atoms with E-state index in [2.05, 4.69) is 71.8 Å². The lowest BCUT2D eigenvalue weighted by atomic mass is 9.87. The Morgan fingerprint density at radius 2 is 1.77 bits per heavy atom. The molecule has 1 atom stereocenters. The van der Waals surface area contributed by atoms with Crippen LogP contribution in [0.4, 0.5) is 11.6 Å². The van der Waals surface area contributed by atoms with Crippen LogP contribution in [0.15, 0.2) is 84.3 Å². The van der Waals surface area contributed by atoms with Crippen molar-refractivity contribution >= 4 is 17.5 Å². The third-order valence-corrected chi connectivity index (χ3v) is 7.10. The molecule has 1 unspecified atom stereocenters. The number of rotatable bonds is 6. The number of hydrogen-bond acceptors (Lipinski definition) is 5. The maximum absolute atomic E-state index is 13.8. The van der Waals surface area contributed by atoms with Crippen molar-refractivity contribution in [2.45, 2.75) is 59.6 Å². The van der Waals surface area contributed by atoms with Crippen LogP contribution in [0.5, 0.6) is 5.75 Å². The Balaban J connectivity index is 1.47. The molecule has 3 aromatic carbocycles. The number of anilines is 2. The summed E-state index contributed by atoms with van der Waals surface area (Å²) in [6, 6.07) is 21.8. The molecule has 7 heteroatoms. The van der Waals surface area contributed by atoms with Gasteiger partial charge in [0, 0.05) is 16.9 Å². The first-order valence-corrected chi connectivity index (χ1v) is 13.2. The Morgan fingerprint density at radius 1 is 1.03 bits per heavy atom. The molecule has 0 spiro atoms. The summed E-state index contributed by atoms with van der Waals surface area (Å²) in [5.74, 6) is 1.06. The van der Waals surface area contributed by atoms with E-state index >= 15 is 0 Å². The maximum Gasteiger partial charge on any atom is 0.255 e. The molecule has 1 aliphatic heterocycles. The van der Waals surface area contributed by atoms with Crippen molar-refractivity contribution in [3.8, 4) is 5.75 Å². The second-order valence-electron chi connectivity index (χ2n) is 11.1. The molecule has 39 heavy (non-hydrogen) atoms. The molecule has 1 aromatic heterocycles. The number of ether oxygens (including phenoxy) is 1. The van der Waals surface area contributed by atoms with Crippen molar-refractivity contribution in [1.82, 2.24) is 14.8 Å². The molecular weight excluding hydrogens is 486 g/mol. The van der Waals surface area contributed by atoms with Gasteiger partial charge in [0.05, 0.1) is 5.57 Å². The molecule has 200 valence electrons. The number of fused-ring (bicyclic) bond motifs is 1. The third kappa shape index (κ3) is 5.43. The van der Waals surface area contributed by atoms with E-state index in [1.807, 2.05) is 57.2 Å². The lowest BCUT2D eigenvalue weighted by Crippen LogP contribution is -2.32. The van der Waals surface area contributed by atoms with Crippen LogP contribution in [0.2, 0.25) is 0 Å². The Hall–Kier alpha value is -4.39. The van der Waals surface area contributed by atoms with E-state index in [1.54, 1.807) is 4.68 Å². The van der Waals surface area contributed by atoms with Crippen molar-refractivity contribution in [2.24, 2.45) is 0 Å². The first-order chi connectivity index (χ1) is 18.6. The second kappa shape index (κ2) is 10.4. The zero-order chi connectivity index (χ0) is 27.7. The Kier molecular flexibility index (Phi) is 7.00. The smallest absolute Gasteiger partial charge is 0.255 e. The number of nitrogens with one attached hydrogen (secondary N) is 2. The number of nitrogens with zero attached hydrogens (tertiary/aromatic N) is 3. The Labute approximate surface area is 229 Å². The summed E-state index contributed by atoms with van der Waals surface area (Å²) >= 11 is 0. The molecule has 4 aromatic rings. The molecule has 1 amide bonds. The predicted octanol–water partition coefficient (Wildman–Crippen LogP) is 6.70. The van der Waals surface area contributed by atoms with Gasteiger partial charge < -0.3 is 15.4 Å². The van der Waals surface area contributed by atoms with Crippen molar-refractivity contribution in [3.63, 3.8) is 0 Å². The minimum Gasteiger partial charge on any atom is -0.489 e. The highest BCUT2D eigenvalue weighted by Crippen LogP contribution is 2.39. The molecule has 1 aliphatic rings. The van der Waals surface area contributed by atoms with Crippen molar-refractivity contribution < 1.29 is 9.53 Å². The van der Waals surface area contributed by atoms with E-state index in [9.17, 15) is 4.79 Å². The van der Waals surface area contributed by atoms with Gasteiger partial charge in [0.15, 0.2) is 0 Å². The minimum atomic E-state index is -0.519. The van der Waals surface area contributed by atoms with Crippen LogP contribution in [0.1, 0.15) is 61.6 Å². The second-order valence-corrected chi connectivity index (χ2v) is 11.1. The predicted molar refractivity (Wildman–Crippen MR) is 155 cm³/mol. The molecule has 2 N–H and O–H groups in total. The highest BCUT2D eigenvalue weighted by Gasteiger charge is 2.35. The van der Waals surface area contributed by atoms with Crippen LogP contribution in [0.25, 0.3) is 0 Å². The summed E-state index contributed by atoms with van der Waals surface area (Å²) in [6.07, 6.45) is 1.49. The summed E-state index contributed by atoms with van der Waals surface area (Å²) < 4.78 is 8.11. The van der Waals surface area contributed by atoms with E-state index in [0.717, 1.165) is 33.6 Å². The molecule has 2 heterocycles. The van der Waals surface area contributed by atoms with E-state index in [0.29, 0.717) is 23.9 Å². The molecule has 0 aliphatic carbocycles. The SMILES string of the molecule is CC1=C(C(=O)Nc2ccc(C)cc2C)C(c2ccccc2OCc2ccc(C(C)(C)C)cc2)n2ncnc2N1. The normalized spacial score (nSPS) is 15.0. The van der Waals surface area contributed by atoms with Crippen LogP contribution < -0.4 is 15.4 Å². The summed E-state index contributed by atoms with van der Waals surface area (Å²) in [5, 5.41) is 10.8. The van der Waals surface area contributed by atoms with Gasteiger partial charge in [0.1, 0.15) is 24.7 Å². The number of carbonyl (C=O) groups excluding carboxylic acids is 1. The average molecular weight is 522 g/mol. The topological polar surface area (TPSA) is 81.1 Å². The Bertz CT molecular complexity index is 1540. The first-order valence-electron chi connectivity index (χ1n) is 13.2. The molecule has 7 nitrogen and oxygen atoms in total. The number of hydrogen-bond donors (Lipinski definition) is 2. The molecule has 0 saturated heterocycles. The number of allylic oxidation sites excluding steroid dienone is 1. The van der Waals surface area contributed by atoms with Gasteiger partial charge in [-0.1, -0.05) is 80.9 Å². The minimum absolute atomic E-state index is 0.0921. The number of amides is 1. The number of aromatic nitrogens is 3. The fourth-order valence-electron chi connectivity index (χ4n) is 4.92. The number of aryl methyl sites for hydroxylation is 2. The number of benzene rings is 3. The standard InChI is InChI=1S/C32H35N5O2/c1-20-11-16-26(21(2)17-20)36-30(38)28-22(3)35-31-33-19-34-37(31)29(28)25-9-7-8-10-27(25)39-18-23-12-14-24(15-13-23)32(4,5)6/h7-17,19,29H,18H2,1-6H3,(H,36,38)(H,33,34,35). The summed E-state index contributed by atoms with van der Waals surface area (Å²) in [5.41, 5.74) is 7.47. The van der Waals surface area contributed by atoms with Gasteiger partial charge in [0.2, 0.25) is 5.95 Å². The highest BCUT2D eigenvalue weighted by atomic mass is 16.5. The molecule has 0 radical (unpaired) electrons. The Morgan fingerprint density at radius 3 is 2.49 bits per heavy atom. The van der Waals surface area contributed by atoms with E-state index < -0.39 is 6.04 Å². The van der Waals surface area contributed by atoms with Crippen molar-refractivity contribution in [1.29, 1.82) is 0 Å². The lowest BCUT2D eigenvalue weighted by Gasteiger charge is -2.30. The van der Waals surface area contributed by atoms with Gasteiger partial charge in [-0.2, -0.15) is 10.1 Å². The average Bonchev–Trinajstić information content (AvgIpc) is 3.36. The van der Waals surface area contributed by atoms with Crippen LogP contribution >= 0.6 is 0 Å². The first kappa shape index (κ1) is 26.2. The van der Waals surface area contributed by atoms with Gasteiger partial charge in [-0.25, -0.2) is 4.68 Å². The molecule has 0 fully saturated rings. The van der Waals surface area contributed by atoms with Gasteiger partial charge in [-0.05, 0) is 55.0 Å². The zero-order valence-electron chi connectivity index (χ0n) is 23.4. The van der Waals surface area contributed by atoms with Crippen molar-refractivity contribution in [2.75, 3.05) is 10.6 Å². The largest absolute Gasteiger partial charge is 0.489 e. The zero-order valence-corrected chi connectivity index (χ0v) is 23.4. The van der Waals surface area contributed by atoms with Gasteiger partial charge >= 0.3 is 0 Å². The molecule has 5 rings (SSSR count). The number of carbonyl (C=O) groups is 1. The quantitative estimate of drug-likeness (QED) is 0.295. The fraction of sp³-hybridized carbons (Fsp3) is 0.281. The maximum atomic E-state index is 13.8. The van der Waals surface area contributed by atoms with Crippen LogP contribution in [-0.4, -0.2) is 20.7 Å². The monoisotopic (exact) mass is 521 g/mol. The van der Waals surface area contributed by atoms with Crippen LogP contribution in [0.3, 0.4) is 0 Å². The summed E-state index contributed by atoms with van der Waals surface area (Å²) in [6.45, 7) is 12.9.